The molecule has 4 nitrogen and oxygen atoms in total. The number of hydrogen-bond acceptors (Lipinski definition) is 3. The summed E-state index contributed by atoms with van der Waals surface area (Å²) < 4.78 is 0. The lowest BCUT2D eigenvalue weighted by Crippen LogP contribution is -2.49. The van der Waals surface area contributed by atoms with Crippen molar-refractivity contribution >= 4 is 5.91 Å². The van der Waals surface area contributed by atoms with Crippen molar-refractivity contribution in [2.75, 3.05) is 39.8 Å². The summed E-state index contributed by atoms with van der Waals surface area (Å²) in [5.74, 6) is 1.61. The number of carbonyl (C=O) groups excluding carboxylic acids is 1. The normalized spacial score (nSPS) is 27.5. The molecule has 0 aromatic heterocycles. The fraction of sp³-hybridized carbons (Fsp3) is 0.941. The van der Waals surface area contributed by atoms with Crippen LogP contribution in [-0.4, -0.2) is 61.5 Å². The van der Waals surface area contributed by atoms with Crippen molar-refractivity contribution < 1.29 is 4.79 Å². The van der Waals surface area contributed by atoms with Crippen LogP contribution < -0.4 is 5.32 Å². The summed E-state index contributed by atoms with van der Waals surface area (Å²) in [6, 6.07) is 0.0776. The van der Waals surface area contributed by atoms with Gasteiger partial charge in [0.25, 0.3) is 0 Å². The molecule has 1 N–H and O–H groups in total. The second kappa shape index (κ2) is 8.14. The molecule has 0 radical (unpaired) electrons. The Bertz CT molecular complexity index is 326. The van der Waals surface area contributed by atoms with Gasteiger partial charge in [-0.05, 0) is 57.7 Å². The summed E-state index contributed by atoms with van der Waals surface area (Å²) in [7, 11) is 2.23. The van der Waals surface area contributed by atoms with Gasteiger partial charge in [-0.3, -0.25) is 4.79 Å². The van der Waals surface area contributed by atoms with Crippen molar-refractivity contribution in [1.29, 1.82) is 0 Å². The zero-order chi connectivity index (χ0) is 15.2. The number of nitrogens with zero attached hydrogens (tertiary/aromatic N) is 2. The number of hydrogen-bond donors (Lipinski definition) is 1. The number of carbonyl (C=O) groups is 1. The summed E-state index contributed by atoms with van der Waals surface area (Å²) in [6.45, 7) is 9.75. The number of piperidine rings is 1. The summed E-state index contributed by atoms with van der Waals surface area (Å²) in [4.78, 5) is 17.1. The summed E-state index contributed by atoms with van der Waals surface area (Å²) in [6.07, 6.45) is 6.03. The molecule has 2 heterocycles. The van der Waals surface area contributed by atoms with Gasteiger partial charge in [0, 0.05) is 19.6 Å². The van der Waals surface area contributed by atoms with Crippen LogP contribution in [0, 0.1) is 11.8 Å². The van der Waals surface area contributed by atoms with E-state index in [9.17, 15) is 4.79 Å². The van der Waals surface area contributed by atoms with Gasteiger partial charge in [-0.25, -0.2) is 0 Å². The number of likely N-dealkylation sites (tertiary alicyclic amines) is 1. The minimum Gasteiger partial charge on any atom is -0.341 e. The molecular formula is C17H33N3O. The van der Waals surface area contributed by atoms with Gasteiger partial charge < -0.3 is 15.1 Å². The standard InChI is InChI=1S/C17H33N3O/c1-4-5-10-19(3)13-15-7-11-20(12-8-15)17(21)16-14(2)6-9-18-16/h14-16,18H,4-13H2,1-3H3. The summed E-state index contributed by atoms with van der Waals surface area (Å²) in [5.41, 5.74) is 0. The smallest absolute Gasteiger partial charge is 0.239 e. The second-order valence-corrected chi connectivity index (χ2v) is 7.08. The number of rotatable bonds is 6. The van der Waals surface area contributed by atoms with Crippen LogP contribution in [0.2, 0.25) is 0 Å². The quantitative estimate of drug-likeness (QED) is 0.813. The van der Waals surface area contributed by atoms with Gasteiger partial charge in [0.05, 0.1) is 6.04 Å². The molecule has 0 aromatic carbocycles. The predicted molar refractivity (Wildman–Crippen MR) is 87.3 cm³/mol. The molecule has 4 heteroatoms. The van der Waals surface area contributed by atoms with Crippen molar-refractivity contribution in [3.05, 3.63) is 0 Å². The highest BCUT2D eigenvalue weighted by Crippen LogP contribution is 2.22. The van der Waals surface area contributed by atoms with Crippen LogP contribution in [0.25, 0.3) is 0 Å². The number of nitrogens with one attached hydrogen (secondary N) is 1. The Hall–Kier alpha value is -0.610. The van der Waals surface area contributed by atoms with E-state index in [1.54, 1.807) is 0 Å². The minimum atomic E-state index is 0.0776. The molecule has 0 bridgehead atoms. The van der Waals surface area contributed by atoms with Gasteiger partial charge in [0.2, 0.25) is 5.91 Å². The Morgan fingerprint density at radius 2 is 2.00 bits per heavy atom. The highest BCUT2D eigenvalue weighted by molar-refractivity contribution is 5.82. The van der Waals surface area contributed by atoms with Crippen molar-refractivity contribution in [1.82, 2.24) is 15.1 Å². The monoisotopic (exact) mass is 295 g/mol. The molecule has 0 spiro atoms. The molecule has 2 aliphatic heterocycles. The van der Waals surface area contributed by atoms with Gasteiger partial charge in [-0.15, -0.1) is 0 Å². The third-order valence-electron chi connectivity index (χ3n) is 5.19. The summed E-state index contributed by atoms with van der Waals surface area (Å²) >= 11 is 0. The van der Waals surface area contributed by atoms with Crippen LogP contribution in [0.15, 0.2) is 0 Å². The van der Waals surface area contributed by atoms with E-state index >= 15 is 0 Å². The molecule has 1 amide bonds. The Balaban J connectivity index is 1.71. The van der Waals surface area contributed by atoms with Crippen molar-refractivity contribution in [2.45, 2.75) is 52.0 Å². The largest absolute Gasteiger partial charge is 0.341 e. The molecule has 2 fully saturated rings. The van der Waals surface area contributed by atoms with E-state index in [1.807, 2.05) is 0 Å². The van der Waals surface area contributed by atoms with E-state index in [-0.39, 0.29) is 6.04 Å². The third-order valence-corrected chi connectivity index (χ3v) is 5.19. The maximum atomic E-state index is 12.5. The van der Waals surface area contributed by atoms with E-state index < -0.39 is 0 Å². The molecule has 122 valence electrons. The van der Waals surface area contributed by atoms with Crippen LogP contribution in [0.4, 0.5) is 0 Å². The van der Waals surface area contributed by atoms with Crippen LogP contribution in [0.3, 0.4) is 0 Å². The average Bonchev–Trinajstić information content (AvgIpc) is 2.91. The molecule has 2 saturated heterocycles. The van der Waals surface area contributed by atoms with E-state index in [2.05, 4.69) is 36.0 Å². The van der Waals surface area contributed by atoms with Gasteiger partial charge in [0.15, 0.2) is 0 Å². The van der Waals surface area contributed by atoms with E-state index in [0.717, 1.165) is 32.0 Å². The zero-order valence-corrected chi connectivity index (χ0v) is 14.1. The molecule has 2 unspecified atom stereocenters. The first kappa shape index (κ1) is 16.8. The van der Waals surface area contributed by atoms with Crippen molar-refractivity contribution in [2.24, 2.45) is 11.8 Å². The number of unbranched alkanes of at least 4 members (excludes halogenated alkanes) is 1. The Kier molecular flexibility index (Phi) is 6.49. The van der Waals surface area contributed by atoms with Crippen LogP contribution in [-0.2, 0) is 4.79 Å². The summed E-state index contributed by atoms with van der Waals surface area (Å²) in [5, 5.41) is 3.37. The molecule has 0 aromatic rings. The first-order valence-electron chi connectivity index (χ1n) is 8.82. The van der Waals surface area contributed by atoms with E-state index in [1.165, 1.54) is 38.8 Å². The highest BCUT2D eigenvalue weighted by atomic mass is 16.2. The molecule has 2 rings (SSSR count). The van der Waals surface area contributed by atoms with Gasteiger partial charge in [-0.2, -0.15) is 0 Å². The first-order chi connectivity index (χ1) is 10.1. The van der Waals surface area contributed by atoms with Crippen LogP contribution >= 0.6 is 0 Å². The average molecular weight is 295 g/mol. The third kappa shape index (κ3) is 4.68. The molecule has 2 atom stereocenters. The van der Waals surface area contributed by atoms with Crippen LogP contribution in [0.5, 0.6) is 0 Å². The molecular weight excluding hydrogens is 262 g/mol. The predicted octanol–water partition coefficient (Wildman–Crippen LogP) is 1.95. The first-order valence-corrected chi connectivity index (χ1v) is 8.82. The SMILES string of the molecule is CCCCN(C)CC1CCN(C(=O)C2NCCC2C)CC1. The molecule has 21 heavy (non-hydrogen) atoms. The lowest BCUT2D eigenvalue weighted by atomic mass is 9.94. The lowest BCUT2D eigenvalue weighted by Gasteiger charge is -2.35. The Morgan fingerprint density at radius 1 is 1.29 bits per heavy atom. The maximum absolute atomic E-state index is 12.5. The Labute approximate surface area is 130 Å². The van der Waals surface area contributed by atoms with E-state index in [4.69, 9.17) is 0 Å². The number of amides is 1. The van der Waals surface area contributed by atoms with Gasteiger partial charge in [-0.1, -0.05) is 20.3 Å². The van der Waals surface area contributed by atoms with Crippen molar-refractivity contribution in [3.63, 3.8) is 0 Å². The topological polar surface area (TPSA) is 35.6 Å². The van der Waals surface area contributed by atoms with E-state index in [0.29, 0.717) is 11.8 Å². The van der Waals surface area contributed by atoms with Crippen molar-refractivity contribution in [3.8, 4) is 0 Å². The molecule has 0 saturated carbocycles. The van der Waals surface area contributed by atoms with Gasteiger partial charge >= 0.3 is 0 Å². The maximum Gasteiger partial charge on any atom is 0.239 e. The lowest BCUT2D eigenvalue weighted by molar-refractivity contribution is -0.135. The minimum absolute atomic E-state index is 0.0776. The zero-order valence-electron chi connectivity index (χ0n) is 14.1. The van der Waals surface area contributed by atoms with Gasteiger partial charge in [0.1, 0.15) is 0 Å². The Morgan fingerprint density at radius 3 is 2.57 bits per heavy atom. The fourth-order valence-electron chi connectivity index (χ4n) is 3.66. The fourth-order valence-corrected chi connectivity index (χ4v) is 3.66. The highest BCUT2D eigenvalue weighted by Gasteiger charge is 2.34. The van der Waals surface area contributed by atoms with Crippen LogP contribution in [0.1, 0.15) is 46.0 Å². The molecule has 0 aliphatic carbocycles. The molecule has 2 aliphatic rings. The second-order valence-electron chi connectivity index (χ2n) is 7.08.